The molecule has 96 valence electrons. The van der Waals surface area contributed by atoms with E-state index in [4.69, 9.17) is 0 Å². The first kappa shape index (κ1) is 14.0. The Kier molecular flexibility index (Phi) is 4.97. The molecular formula is C14H23NO2. The predicted octanol–water partition coefficient (Wildman–Crippen LogP) is 2.21. The zero-order valence-electron chi connectivity index (χ0n) is 10.9. The minimum Gasteiger partial charge on any atom is -0.396 e. The van der Waals surface area contributed by atoms with Crippen molar-refractivity contribution in [2.24, 2.45) is 5.41 Å². The number of aliphatic hydroxyl groups excluding tert-OH is 2. The maximum absolute atomic E-state index is 9.18. The SMILES string of the molecule is CC(C)c1ccc(NCC(C)(CO)CO)cc1. The molecule has 0 saturated carbocycles. The van der Waals surface area contributed by atoms with E-state index in [1.165, 1.54) is 5.56 Å². The molecule has 0 heterocycles. The lowest BCUT2D eigenvalue weighted by atomic mass is 9.93. The number of rotatable bonds is 6. The molecule has 0 aromatic heterocycles. The summed E-state index contributed by atoms with van der Waals surface area (Å²) in [6.07, 6.45) is 0. The van der Waals surface area contributed by atoms with Crippen molar-refractivity contribution in [3.8, 4) is 0 Å². The number of anilines is 1. The molecule has 3 heteroatoms. The lowest BCUT2D eigenvalue weighted by Gasteiger charge is -2.25. The Morgan fingerprint density at radius 3 is 2.06 bits per heavy atom. The molecule has 0 saturated heterocycles. The van der Waals surface area contributed by atoms with Crippen molar-refractivity contribution in [2.75, 3.05) is 25.1 Å². The number of hydrogen-bond donors (Lipinski definition) is 3. The van der Waals surface area contributed by atoms with Crippen molar-refractivity contribution in [1.82, 2.24) is 0 Å². The van der Waals surface area contributed by atoms with Gasteiger partial charge in [-0.3, -0.25) is 0 Å². The van der Waals surface area contributed by atoms with Gasteiger partial charge in [-0.15, -0.1) is 0 Å². The summed E-state index contributed by atoms with van der Waals surface area (Å²) >= 11 is 0. The van der Waals surface area contributed by atoms with E-state index in [2.05, 4.69) is 31.3 Å². The maximum atomic E-state index is 9.18. The van der Waals surface area contributed by atoms with Gasteiger partial charge in [-0.1, -0.05) is 32.9 Å². The second-order valence-electron chi connectivity index (χ2n) is 5.26. The fourth-order valence-corrected chi connectivity index (χ4v) is 1.46. The van der Waals surface area contributed by atoms with Gasteiger partial charge in [0, 0.05) is 17.6 Å². The lowest BCUT2D eigenvalue weighted by Crippen LogP contribution is -2.33. The van der Waals surface area contributed by atoms with E-state index in [1.807, 2.05) is 19.1 Å². The summed E-state index contributed by atoms with van der Waals surface area (Å²) in [7, 11) is 0. The van der Waals surface area contributed by atoms with Gasteiger partial charge in [0.15, 0.2) is 0 Å². The van der Waals surface area contributed by atoms with Crippen molar-refractivity contribution in [3.63, 3.8) is 0 Å². The molecule has 0 aliphatic heterocycles. The molecule has 0 unspecified atom stereocenters. The maximum Gasteiger partial charge on any atom is 0.0523 e. The van der Waals surface area contributed by atoms with Crippen LogP contribution in [0.25, 0.3) is 0 Å². The van der Waals surface area contributed by atoms with Crippen LogP contribution in [0.5, 0.6) is 0 Å². The van der Waals surface area contributed by atoms with Gasteiger partial charge in [0.1, 0.15) is 0 Å². The minimum atomic E-state index is -0.475. The zero-order valence-corrected chi connectivity index (χ0v) is 10.9. The number of hydrogen-bond acceptors (Lipinski definition) is 3. The molecule has 0 radical (unpaired) electrons. The lowest BCUT2D eigenvalue weighted by molar-refractivity contribution is 0.0806. The Hall–Kier alpha value is -1.06. The molecule has 3 nitrogen and oxygen atoms in total. The van der Waals surface area contributed by atoms with Crippen LogP contribution in [0, 0.1) is 5.41 Å². The van der Waals surface area contributed by atoms with E-state index in [0.29, 0.717) is 12.5 Å². The fourth-order valence-electron chi connectivity index (χ4n) is 1.46. The highest BCUT2D eigenvalue weighted by atomic mass is 16.3. The van der Waals surface area contributed by atoms with E-state index in [-0.39, 0.29) is 13.2 Å². The number of aliphatic hydroxyl groups is 2. The molecule has 0 fully saturated rings. The van der Waals surface area contributed by atoms with Crippen LogP contribution in [0.2, 0.25) is 0 Å². The third-order valence-electron chi connectivity index (χ3n) is 3.06. The van der Waals surface area contributed by atoms with Gasteiger partial charge in [-0.05, 0) is 23.6 Å². The summed E-state index contributed by atoms with van der Waals surface area (Å²) in [6, 6.07) is 8.26. The molecule has 1 aromatic carbocycles. The molecule has 0 aliphatic carbocycles. The van der Waals surface area contributed by atoms with Crippen LogP contribution in [-0.2, 0) is 0 Å². The summed E-state index contributed by atoms with van der Waals surface area (Å²) in [4.78, 5) is 0. The molecule has 3 N–H and O–H groups in total. The van der Waals surface area contributed by atoms with Crippen LogP contribution >= 0.6 is 0 Å². The Bertz CT molecular complexity index is 329. The Balaban J connectivity index is 2.58. The Morgan fingerprint density at radius 1 is 1.12 bits per heavy atom. The van der Waals surface area contributed by atoms with Gasteiger partial charge < -0.3 is 15.5 Å². The second-order valence-corrected chi connectivity index (χ2v) is 5.26. The normalized spacial score (nSPS) is 11.9. The molecule has 0 spiro atoms. The quantitative estimate of drug-likeness (QED) is 0.711. The summed E-state index contributed by atoms with van der Waals surface area (Å²) in [5, 5.41) is 21.6. The van der Waals surface area contributed by atoms with Crippen LogP contribution < -0.4 is 5.32 Å². The predicted molar refractivity (Wildman–Crippen MR) is 71.3 cm³/mol. The summed E-state index contributed by atoms with van der Waals surface area (Å²) in [6.45, 7) is 6.68. The average Bonchev–Trinajstić information content (AvgIpc) is 2.36. The van der Waals surface area contributed by atoms with Crippen LogP contribution in [-0.4, -0.2) is 30.0 Å². The molecule has 0 aliphatic rings. The Labute approximate surface area is 103 Å². The molecular weight excluding hydrogens is 214 g/mol. The summed E-state index contributed by atoms with van der Waals surface area (Å²) < 4.78 is 0. The standard InChI is InChI=1S/C14H23NO2/c1-11(2)12-4-6-13(7-5-12)15-8-14(3,9-16)10-17/h4-7,11,15-17H,8-10H2,1-3H3. The van der Waals surface area contributed by atoms with Crippen LogP contribution in [0.3, 0.4) is 0 Å². The first-order valence-corrected chi connectivity index (χ1v) is 6.06. The van der Waals surface area contributed by atoms with Gasteiger partial charge >= 0.3 is 0 Å². The largest absolute Gasteiger partial charge is 0.396 e. The van der Waals surface area contributed by atoms with Crippen molar-refractivity contribution < 1.29 is 10.2 Å². The highest BCUT2D eigenvalue weighted by molar-refractivity contribution is 5.45. The minimum absolute atomic E-state index is 0.0272. The van der Waals surface area contributed by atoms with Crippen LogP contribution in [0.15, 0.2) is 24.3 Å². The third kappa shape index (κ3) is 4.02. The van der Waals surface area contributed by atoms with E-state index in [0.717, 1.165) is 5.69 Å². The molecule has 17 heavy (non-hydrogen) atoms. The number of nitrogens with one attached hydrogen (secondary N) is 1. The first-order valence-electron chi connectivity index (χ1n) is 6.06. The molecule has 1 aromatic rings. The molecule has 1 rings (SSSR count). The van der Waals surface area contributed by atoms with E-state index in [9.17, 15) is 10.2 Å². The van der Waals surface area contributed by atoms with Crippen molar-refractivity contribution in [3.05, 3.63) is 29.8 Å². The number of benzene rings is 1. The van der Waals surface area contributed by atoms with Crippen molar-refractivity contribution >= 4 is 5.69 Å². The highest BCUT2D eigenvalue weighted by Gasteiger charge is 2.21. The van der Waals surface area contributed by atoms with Gasteiger partial charge in [0.25, 0.3) is 0 Å². The van der Waals surface area contributed by atoms with Gasteiger partial charge in [-0.2, -0.15) is 0 Å². The molecule has 0 bridgehead atoms. The van der Waals surface area contributed by atoms with E-state index < -0.39 is 5.41 Å². The van der Waals surface area contributed by atoms with Gasteiger partial charge in [0.05, 0.1) is 13.2 Å². The molecule has 0 amide bonds. The van der Waals surface area contributed by atoms with Crippen LogP contribution in [0.1, 0.15) is 32.3 Å². The fraction of sp³-hybridized carbons (Fsp3) is 0.571. The third-order valence-corrected chi connectivity index (χ3v) is 3.06. The summed E-state index contributed by atoms with van der Waals surface area (Å²) in [5.74, 6) is 0.532. The Morgan fingerprint density at radius 2 is 1.65 bits per heavy atom. The first-order chi connectivity index (χ1) is 8.00. The smallest absolute Gasteiger partial charge is 0.0523 e. The topological polar surface area (TPSA) is 52.5 Å². The van der Waals surface area contributed by atoms with Crippen molar-refractivity contribution in [1.29, 1.82) is 0 Å². The average molecular weight is 237 g/mol. The zero-order chi connectivity index (χ0) is 12.9. The van der Waals surface area contributed by atoms with Gasteiger partial charge in [0.2, 0.25) is 0 Å². The monoisotopic (exact) mass is 237 g/mol. The summed E-state index contributed by atoms with van der Waals surface area (Å²) in [5.41, 5.74) is 1.85. The van der Waals surface area contributed by atoms with Crippen molar-refractivity contribution in [2.45, 2.75) is 26.7 Å². The van der Waals surface area contributed by atoms with Gasteiger partial charge in [-0.25, -0.2) is 0 Å². The molecule has 0 atom stereocenters. The van der Waals surface area contributed by atoms with E-state index in [1.54, 1.807) is 0 Å². The second kappa shape index (κ2) is 6.03. The van der Waals surface area contributed by atoms with E-state index >= 15 is 0 Å². The highest BCUT2D eigenvalue weighted by Crippen LogP contribution is 2.19. The van der Waals surface area contributed by atoms with Crippen LogP contribution in [0.4, 0.5) is 5.69 Å².